The van der Waals surface area contributed by atoms with Crippen LogP contribution < -0.4 is 16.0 Å². The van der Waals surface area contributed by atoms with Crippen LogP contribution in [0.1, 0.15) is 39.9 Å². The topological polar surface area (TPSA) is 90.5 Å². The number of fused-ring (bicyclic) bond motifs is 1. The number of nitrogens with zero attached hydrogens (tertiary/aromatic N) is 1. The van der Waals surface area contributed by atoms with Gasteiger partial charge in [-0.05, 0) is 42.6 Å². The molecule has 2 aromatic rings. The number of nitrogens with one attached hydrogen (secondary N) is 3. The Morgan fingerprint density at radius 2 is 1.90 bits per heavy atom. The van der Waals surface area contributed by atoms with Gasteiger partial charge in [-0.25, -0.2) is 0 Å². The lowest BCUT2D eigenvalue weighted by Gasteiger charge is -2.29. The molecule has 0 saturated carbocycles. The lowest BCUT2D eigenvalue weighted by atomic mass is 10.0. The summed E-state index contributed by atoms with van der Waals surface area (Å²) >= 11 is 0. The Hall–Kier alpha value is -3.03. The predicted octanol–water partition coefficient (Wildman–Crippen LogP) is 1.37. The quantitative estimate of drug-likeness (QED) is 0.561. The van der Waals surface area contributed by atoms with Crippen LogP contribution >= 0.6 is 0 Å². The van der Waals surface area contributed by atoms with Crippen molar-refractivity contribution in [1.29, 1.82) is 0 Å². The minimum atomic E-state index is -0.579. The zero-order valence-corrected chi connectivity index (χ0v) is 17.7. The maximum atomic E-state index is 13.0. The molecule has 2 aliphatic rings. The fraction of sp³-hybridized carbons (Fsp3) is 0.375. The third-order valence-corrected chi connectivity index (χ3v) is 5.96. The smallest absolute Gasteiger partial charge is 0.255 e. The van der Waals surface area contributed by atoms with E-state index < -0.39 is 6.04 Å². The molecule has 3 amide bonds. The molecule has 0 radical (unpaired) electrons. The van der Waals surface area contributed by atoms with E-state index in [4.69, 9.17) is 0 Å². The van der Waals surface area contributed by atoms with Gasteiger partial charge in [0.05, 0.1) is 0 Å². The van der Waals surface area contributed by atoms with E-state index in [1.165, 1.54) is 5.56 Å². The lowest BCUT2D eigenvalue weighted by Crippen LogP contribution is -2.52. The van der Waals surface area contributed by atoms with Gasteiger partial charge >= 0.3 is 0 Å². The SMILES string of the molecule is CNCC(Cc1ccccc1)NCc1ccc2c(c1)C(=O)N(C1CCC(=O)NC1=O)C2. The molecular weight excluding hydrogens is 392 g/mol. The van der Waals surface area contributed by atoms with Crippen LogP contribution in [0, 0.1) is 0 Å². The first-order chi connectivity index (χ1) is 15.0. The molecule has 2 atom stereocenters. The Labute approximate surface area is 182 Å². The van der Waals surface area contributed by atoms with Crippen molar-refractivity contribution in [2.45, 2.75) is 44.4 Å². The van der Waals surface area contributed by atoms with E-state index in [1.54, 1.807) is 4.90 Å². The summed E-state index contributed by atoms with van der Waals surface area (Å²) in [5.74, 6) is -0.789. The Morgan fingerprint density at radius 3 is 2.65 bits per heavy atom. The van der Waals surface area contributed by atoms with Crippen LogP contribution in [0.25, 0.3) is 0 Å². The van der Waals surface area contributed by atoms with E-state index in [9.17, 15) is 14.4 Å². The first-order valence-corrected chi connectivity index (χ1v) is 10.7. The largest absolute Gasteiger partial charge is 0.322 e. The average molecular weight is 421 g/mol. The van der Waals surface area contributed by atoms with E-state index in [0.717, 1.165) is 24.1 Å². The van der Waals surface area contributed by atoms with Crippen molar-refractivity contribution in [2.24, 2.45) is 0 Å². The molecule has 3 N–H and O–H groups in total. The summed E-state index contributed by atoms with van der Waals surface area (Å²) in [6.07, 6.45) is 1.55. The molecule has 2 aromatic carbocycles. The fourth-order valence-electron chi connectivity index (χ4n) is 4.34. The Bertz CT molecular complexity index is 976. The molecule has 31 heavy (non-hydrogen) atoms. The Balaban J connectivity index is 1.41. The number of amides is 3. The van der Waals surface area contributed by atoms with Crippen molar-refractivity contribution >= 4 is 17.7 Å². The number of carbonyl (C=O) groups excluding carboxylic acids is 3. The number of hydrogen-bond acceptors (Lipinski definition) is 5. The van der Waals surface area contributed by atoms with Crippen molar-refractivity contribution in [3.05, 3.63) is 70.8 Å². The van der Waals surface area contributed by atoms with Crippen LogP contribution in [0.15, 0.2) is 48.5 Å². The summed E-state index contributed by atoms with van der Waals surface area (Å²) in [7, 11) is 1.94. The van der Waals surface area contributed by atoms with E-state index in [1.807, 2.05) is 43.4 Å². The third kappa shape index (κ3) is 4.84. The van der Waals surface area contributed by atoms with Crippen LogP contribution in [0.5, 0.6) is 0 Å². The third-order valence-electron chi connectivity index (χ3n) is 5.96. The molecule has 0 aliphatic carbocycles. The summed E-state index contributed by atoms with van der Waals surface area (Å²) in [5.41, 5.74) is 3.89. The molecule has 0 spiro atoms. The normalized spacial score (nSPS) is 19.3. The summed E-state index contributed by atoms with van der Waals surface area (Å²) in [5, 5.41) is 9.17. The van der Waals surface area contributed by atoms with Gasteiger partial charge in [-0.1, -0.05) is 42.5 Å². The van der Waals surface area contributed by atoms with E-state index >= 15 is 0 Å². The summed E-state index contributed by atoms with van der Waals surface area (Å²) in [4.78, 5) is 38.2. The highest BCUT2D eigenvalue weighted by molar-refractivity contribution is 6.05. The molecule has 0 bridgehead atoms. The lowest BCUT2D eigenvalue weighted by molar-refractivity contribution is -0.136. The second kappa shape index (κ2) is 9.41. The van der Waals surface area contributed by atoms with Gasteiger partial charge in [-0.3, -0.25) is 19.7 Å². The number of rotatable bonds is 8. The van der Waals surface area contributed by atoms with Gasteiger partial charge in [-0.15, -0.1) is 0 Å². The molecular formula is C24H28N4O3. The molecule has 0 aromatic heterocycles. The zero-order valence-electron chi connectivity index (χ0n) is 17.7. The second-order valence-corrected chi connectivity index (χ2v) is 8.22. The van der Waals surface area contributed by atoms with Gasteiger partial charge < -0.3 is 15.5 Å². The van der Waals surface area contributed by atoms with Crippen LogP contribution in [0.4, 0.5) is 0 Å². The first-order valence-electron chi connectivity index (χ1n) is 10.7. The van der Waals surface area contributed by atoms with E-state index in [0.29, 0.717) is 25.1 Å². The highest BCUT2D eigenvalue weighted by atomic mass is 16.2. The van der Waals surface area contributed by atoms with Gasteiger partial charge in [0.2, 0.25) is 11.8 Å². The highest BCUT2D eigenvalue weighted by Gasteiger charge is 2.39. The number of piperidine rings is 1. The minimum absolute atomic E-state index is 0.137. The number of carbonyl (C=O) groups is 3. The molecule has 162 valence electrons. The van der Waals surface area contributed by atoms with Crippen LogP contribution in [-0.2, 0) is 29.1 Å². The van der Waals surface area contributed by atoms with Crippen molar-refractivity contribution < 1.29 is 14.4 Å². The van der Waals surface area contributed by atoms with E-state index in [-0.39, 0.29) is 30.2 Å². The maximum Gasteiger partial charge on any atom is 0.255 e. The second-order valence-electron chi connectivity index (χ2n) is 8.22. The van der Waals surface area contributed by atoms with Crippen molar-refractivity contribution in [3.63, 3.8) is 0 Å². The predicted molar refractivity (Wildman–Crippen MR) is 117 cm³/mol. The summed E-state index contributed by atoms with van der Waals surface area (Å²) in [6, 6.07) is 16.0. The first kappa shape index (κ1) is 21.2. The molecule has 7 nitrogen and oxygen atoms in total. The van der Waals surface area contributed by atoms with Gasteiger partial charge in [0.15, 0.2) is 0 Å². The summed E-state index contributed by atoms with van der Waals surface area (Å²) < 4.78 is 0. The standard InChI is InChI=1S/C24H28N4O3/c1-25-14-19(11-16-5-3-2-4-6-16)26-13-17-7-8-18-15-28(24(31)20(18)12-17)21-9-10-22(29)27-23(21)30/h2-8,12,19,21,25-26H,9-11,13-15H2,1H3,(H,27,29,30). The average Bonchev–Trinajstić information content (AvgIpc) is 3.09. The molecule has 7 heteroatoms. The van der Waals surface area contributed by atoms with Gasteiger partial charge in [0, 0.05) is 37.7 Å². The monoisotopic (exact) mass is 420 g/mol. The molecule has 4 rings (SSSR count). The maximum absolute atomic E-state index is 13.0. The molecule has 2 heterocycles. The molecule has 2 aliphatic heterocycles. The fourth-order valence-corrected chi connectivity index (χ4v) is 4.34. The Kier molecular flexibility index (Phi) is 6.44. The molecule has 2 unspecified atom stereocenters. The van der Waals surface area contributed by atoms with Crippen molar-refractivity contribution in [2.75, 3.05) is 13.6 Å². The number of hydrogen-bond donors (Lipinski definition) is 3. The van der Waals surface area contributed by atoms with Crippen LogP contribution in [0.2, 0.25) is 0 Å². The van der Waals surface area contributed by atoms with Crippen molar-refractivity contribution in [1.82, 2.24) is 20.9 Å². The highest BCUT2D eigenvalue weighted by Crippen LogP contribution is 2.28. The number of imide groups is 1. The zero-order chi connectivity index (χ0) is 21.8. The Morgan fingerprint density at radius 1 is 1.10 bits per heavy atom. The van der Waals surface area contributed by atoms with Gasteiger partial charge in [0.25, 0.3) is 5.91 Å². The van der Waals surface area contributed by atoms with Crippen LogP contribution in [-0.4, -0.2) is 48.3 Å². The minimum Gasteiger partial charge on any atom is -0.322 e. The summed E-state index contributed by atoms with van der Waals surface area (Å²) in [6.45, 7) is 1.89. The molecule has 1 fully saturated rings. The number of benzene rings is 2. The van der Waals surface area contributed by atoms with Gasteiger partial charge in [0.1, 0.15) is 6.04 Å². The number of likely N-dealkylation sites (N-methyl/N-ethyl adjacent to an activating group) is 1. The van der Waals surface area contributed by atoms with Crippen LogP contribution in [0.3, 0.4) is 0 Å². The molecule has 1 saturated heterocycles. The van der Waals surface area contributed by atoms with Gasteiger partial charge in [-0.2, -0.15) is 0 Å². The van der Waals surface area contributed by atoms with E-state index in [2.05, 4.69) is 28.1 Å². The van der Waals surface area contributed by atoms with Crippen molar-refractivity contribution in [3.8, 4) is 0 Å².